The molecule has 2 rings (SSSR count). The minimum absolute atomic E-state index is 0.0211. The zero-order chi connectivity index (χ0) is 11.7. The maximum Gasteiger partial charge on any atom is 0.166 e. The number of nitrogens with zero attached hydrogens (tertiary/aromatic N) is 2. The fourth-order valence-corrected chi connectivity index (χ4v) is 2.05. The molecule has 0 aliphatic heterocycles. The van der Waals surface area contributed by atoms with Crippen molar-refractivity contribution in [3.8, 4) is 0 Å². The van der Waals surface area contributed by atoms with Crippen LogP contribution in [-0.4, -0.2) is 22.1 Å². The van der Waals surface area contributed by atoms with Gasteiger partial charge in [0.05, 0.1) is 5.52 Å². The summed E-state index contributed by atoms with van der Waals surface area (Å²) in [6.07, 6.45) is 0.335. The van der Waals surface area contributed by atoms with Crippen LogP contribution in [0.5, 0.6) is 0 Å². The van der Waals surface area contributed by atoms with E-state index in [1.54, 1.807) is 23.9 Å². The van der Waals surface area contributed by atoms with E-state index in [0.717, 1.165) is 10.9 Å². The molecule has 84 valence electrons. The monoisotopic (exact) mass is 237 g/mol. The number of hydrogen-bond donors (Lipinski definition) is 1. The molecule has 0 atom stereocenters. The van der Waals surface area contributed by atoms with Crippen LogP contribution in [0.15, 0.2) is 18.2 Å². The Hall–Kier alpha value is -1.39. The molecule has 0 bridgehead atoms. The summed E-state index contributed by atoms with van der Waals surface area (Å²) in [5.74, 6) is 0.0211. The number of aryl methyl sites for hydroxylation is 1. The Morgan fingerprint density at radius 2 is 2.31 bits per heavy atom. The molecule has 2 N–H and O–H groups in total. The van der Waals surface area contributed by atoms with Gasteiger partial charge in [-0.15, -0.1) is 0 Å². The highest BCUT2D eigenvalue weighted by Gasteiger charge is 2.14. The number of carbonyl (C=O) groups excluding carboxylic acids is 1. The van der Waals surface area contributed by atoms with Crippen LogP contribution in [0.3, 0.4) is 0 Å². The Morgan fingerprint density at radius 3 is 3.00 bits per heavy atom. The van der Waals surface area contributed by atoms with Crippen molar-refractivity contribution < 1.29 is 4.79 Å². The molecule has 1 heterocycles. The van der Waals surface area contributed by atoms with Crippen LogP contribution in [-0.2, 0) is 7.05 Å². The van der Waals surface area contributed by atoms with Crippen LogP contribution in [0.1, 0.15) is 16.8 Å². The van der Waals surface area contributed by atoms with Gasteiger partial charge in [0.15, 0.2) is 10.9 Å². The summed E-state index contributed by atoms with van der Waals surface area (Å²) in [5, 5.41) is 5.31. The summed E-state index contributed by atoms with van der Waals surface area (Å²) < 4.78 is 1.63. The van der Waals surface area contributed by atoms with E-state index in [-0.39, 0.29) is 5.78 Å². The molecule has 1 aromatic heterocycles. The number of rotatable bonds is 3. The number of carbonyl (C=O) groups is 1. The average Bonchev–Trinajstić information content (AvgIpc) is 2.55. The fourth-order valence-electron chi connectivity index (χ4n) is 1.78. The largest absolute Gasteiger partial charge is 0.330 e. The molecule has 5 heteroatoms. The van der Waals surface area contributed by atoms with Gasteiger partial charge in [-0.05, 0) is 18.7 Å². The highest BCUT2D eigenvalue weighted by atomic mass is 35.5. The Kier molecular flexibility index (Phi) is 2.94. The number of nitrogens with two attached hydrogens (primary N) is 1. The van der Waals surface area contributed by atoms with Crippen LogP contribution in [0.25, 0.3) is 10.9 Å². The van der Waals surface area contributed by atoms with E-state index in [1.165, 1.54) is 0 Å². The summed E-state index contributed by atoms with van der Waals surface area (Å²) in [6, 6.07) is 5.43. The molecule has 0 unspecified atom stereocenters. The molecule has 0 saturated carbocycles. The van der Waals surface area contributed by atoms with Gasteiger partial charge in [-0.2, -0.15) is 5.10 Å². The summed E-state index contributed by atoms with van der Waals surface area (Å²) in [4.78, 5) is 11.9. The molecule has 0 amide bonds. The second-order valence-corrected chi connectivity index (χ2v) is 3.94. The van der Waals surface area contributed by atoms with E-state index in [2.05, 4.69) is 5.10 Å². The second kappa shape index (κ2) is 4.23. The lowest BCUT2D eigenvalue weighted by atomic mass is 10.1. The summed E-state index contributed by atoms with van der Waals surface area (Å²) in [5.41, 5.74) is 6.78. The SMILES string of the molecule is Cn1nc(Cl)c2cccc(C(=O)CCN)c21. The van der Waals surface area contributed by atoms with Crippen molar-refractivity contribution in [2.75, 3.05) is 6.54 Å². The van der Waals surface area contributed by atoms with Gasteiger partial charge in [0.2, 0.25) is 0 Å². The van der Waals surface area contributed by atoms with Gasteiger partial charge >= 0.3 is 0 Å². The molecule has 0 saturated heterocycles. The van der Waals surface area contributed by atoms with Gasteiger partial charge in [0, 0.05) is 24.4 Å². The van der Waals surface area contributed by atoms with Crippen molar-refractivity contribution in [2.24, 2.45) is 12.8 Å². The quantitative estimate of drug-likeness (QED) is 0.828. The molecule has 4 nitrogen and oxygen atoms in total. The molecular formula is C11H12ClN3O. The van der Waals surface area contributed by atoms with Crippen LogP contribution in [0.4, 0.5) is 0 Å². The van der Waals surface area contributed by atoms with E-state index in [1.807, 2.05) is 6.07 Å². The Bertz CT molecular complexity index is 547. The molecule has 0 fully saturated rings. The smallest absolute Gasteiger partial charge is 0.166 e. The van der Waals surface area contributed by atoms with E-state index >= 15 is 0 Å². The first kappa shape index (κ1) is 11.1. The normalized spacial score (nSPS) is 10.9. The highest BCUT2D eigenvalue weighted by molar-refractivity contribution is 6.34. The van der Waals surface area contributed by atoms with Gasteiger partial charge in [-0.1, -0.05) is 17.7 Å². The van der Waals surface area contributed by atoms with Crippen molar-refractivity contribution >= 4 is 28.3 Å². The van der Waals surface area contributed by atoms with Crippen LogP contribution in [0.2, 0.25) is 5.15 Å². The van der Waals surface area contributed by atoms with Gasteiger partial charge in [0.1, 0.15) is 0 Å². The lowest BCUT2D eigenvalue weighted by Crippen LogP contribution is -2.09. The van der Waals surface area contributed by atoms with E-state index in [9.17, 15) is 4.79 Å². The summed E-state index contributed by atoms with van der Waals surface area (Å²) >= 11 is 5.96. The first-order chi connectivity index (χ1) is 7.65. The van der Waals surface area contributed by atoms with Gasteiger partial charge in [0.25, 0.3) is 0 Å². The number of benzene rings is 1. The minimum Gasteiger partial charge on any atom is -0.330 e. The zero-order valence-corrected chi connectivity index (χ0v) is 9.66. The predicted octanol–water partition coefficient (Wildman–Crippen LogP) is 1.76. The molecule has 0 aliphatic rings. The fraction of sp³-hybridized carbons (Fsp3) is 0.273. The number of para-hydroxylation sites is 1. The maximum atomic E-state index is 11.9. The van der Waals surface area contributed by atoms with Crippen LogP contribution >= 0.6 is 11.6 Å². The highest BCUT2D eigenvalue weighted by Crippen LogP contribution is 2.25. The van der Waals surface area contributed by atoms with Crippen molar-refractivity contribution in [3.05, 3.63) is 28.9 Å². The van der Waals surface area contributed by atoms with Crippen molar-refractivity contribution in [1.82, 2.24) is 9.78 Å². The second-order valence-electron chi connectivity index (χ2n) is 3.58. The van der Waals surface area contributed by atoms with Crippen molar-refractivity contribution in [3.63, 3.8) is 0 Å². The van der Waals surface area contributed by atoms with Gasteiger partial charge in [-0.25, -0.2) is 0 Å². The number of halogens is 1. The molecule has 0 radical (unpaired) electrons. The number of fused-ring (bicyclic) bond motifs is 1. The molecule has 0 spiro atoms. The van der Waals surface area contributed by atoms with Crippen molar-refractivity contribution in [1.29, 1.82) is 0 Å². The average molecular weight is 238 g/mol. The number of hydrogen-bond acceptors (Lipinski definition) is 3. The minimum atomic E-state index is 0.0211. The third-order valence-electron chi connectivity index (χ3n) is 2.49. The van der Waals surface area contributed by atoms with E-state index < -0.39 is 0 Å². The number of aromatic nitrogens is 2. The third kappa shape index (κ3) is 1.70. The summed E-state index contributed by atoms with van der Waals surface area (Å²) in [6.45, 7) is 0.348. The van der Waals surface area contributed by atoms with E-state index in [0.29, 0.717) is 23.7 Å². The Labute approximate surface area is 98.0 Å². The first-order valence-corrected chi connectivity index (χ1v) is 5.37. The third-order valence-corrected chi connectivity index (χ3v) is 2.77. The summed E-state index contributed by atoms with van der Waals surface area (Å²) in [7, 11) is 1.77. The predicted molar refractivity (Wildman–Crippen MR) is 63.7 cm³/mol. The van der Waals surface area contributed by atoms with E-state index in [4.69, 9.17) is 17.3 Å². The standard InChI is InChI=1S/C11H12ClN3O/c1-15-10-7(9(16)5-6-13)3-2-4-8(10)11(12)14-15/h2-4H,5-6,13H2,1H3. The molecule has 16 heavy (non-hydrogen) atoms. The van der Waals surface area contributed by atoms with Crippen molar-refractivity contribution in [2.45, 2.75) is 6.42 Å². The van der Waals surface area contributed by atoms with Gasteiger partial charge in [-0.3, -0.25) is 9.48 Å². The lowest BCUT2D eigenvalue weighted by molar-refractivity contribution is 0.0986. The number of Topliss-reactive ketones (excluding diaryl/α,β-unsaturated/α-hetero) is 1. The first-order valence-electron chi connectivity index (χ1n) is 4.99. The van der Waals surface area contributed by atoms with Crippen LogP contribution < -0.4 is 5.73 Å². The van der Waals surface area contributed by atoms with Gasteiger partial charge < -0.3 is 5.73 Å². The molecule has 0 aliphatic carbocycles. The van der Waals surface area contributed by atoms with Crippen LogP contribution in [0, 0.1) is 0 Å². The maximum absolute atomic E-state index is 11.9. The topological polar surface area (TPSA) is 60.9 Å². The molecule has 1 aromatic carbocycles. The zero-order valence-electron chi connectivity index (χ0n) is 8.90. The number of ketones is 1. The Morgan fingerprint density at radius 1 is 1.56 bits per heavy atom. The molecular weight excluding hydrogens is 226 g/mol. The molecule has 2 aromatic rings. The lowest BCUT2D eigenvalue weighted by Gasteiger charge is -2.02. The Balaban J connectivity index is 2.66.